The van der Waals surface area contributed by atoms with Gasteiger partial charge in [0.25, 0.3) is 0 Å². The summed E-state index contributed by atoms with van der Waals surface area (Å²) in [4.78, 5) is 0. The maximum Gasteiger partial charge on any atom is 0.106 e. The third-order valence-corrected chi connectivity index (χ3v) is 3.24. The van der Waals surface area contributed by atoms with Crippen LogP contribution in [-0.4, -0.2) is 16.3 Å². The van der Waals surface area contributed by atoms with E-state index in [1.54, 1.807) is 12.1 Å². The van der Waals surface area contributed by atoms with Crippen LogP contribution in [0.5, 0.6) is 0 Å². The Morgan fingerprint density at radius 3 is 2.10 bits per heavy atom. The number of aliphatic hydroxyl groups excluding tert-OH is 2. The van der Waals surface area contributed by atoms with Crippen LogP contribution in [-0.2, 0) is 6.42 Å². The second kappa shape index (κ2) is 6.85. The molecule has 2 N–H and O–H groups in total. The molecule has 0 aliphatic carbocycles. The van der Waals surface area contributed by atoms with E-state index in [4.69, 9.17) is 5.26 Å². The standard InChI is InChI=1S/C17H17NO2/c18-11-10-16(19)17(20)15-8-6-14(7-9-15)12-13-4-2-1-3-5-13/h1-9,16-17,19-20H,10,12H2. The van der Waals surface area contributed by atoms with Crippen molar-refractivity contribution in [2.45, 2.75) is 25.0 Å². The average Bonchev–Trinajstić information content (AvgIpc) is 2.48. The zero-order valence-electron chi connectivity index (χ0n) is 11.1. The molecule has 0 saturated heterocycles. The van der Waals surface area contributed by atoms with Crippen LogP contribution in [0.15, 0.2) is 54.6 Å². The van der Waals surface area contributed by atoms with Crippen molar-refractivity contribution in [1.29, 1.82) is 5.26 Å². The smallest absolute Gasteiger partial charge is 0.106 e. The summed E-state index contributed by atoms with van der Waals surface area (Å²) >= 11 is 0. The first-order valence-corrected chi connectivity index (χ1v) is 6.56. The van der Waals surface area contributed by atoms with Gasteiger partial charge in [0.2, 0.25) is 0 Å². The Morgan fingerprint density at radius 2 is 1.50 bits per heavy atom. The van der Waals surface area contributed by atoms with Crippen molar-refractivity contribution >= 4 is 0 Å². The molecule has 2 atom stereocenters. The van der Waals surface area contributed by atoms with Gasteiger partial charge >= 0.3 is 0 Å². The summed E-state index contributed by atoms with van der Waals surface area (Å²) in [6.07, 6.45) is -1.30. The number of aliphatic hydroxyl groups is 2. The van der Waals surface area contributed by atoms with Gasteiger partial charge in [0.1, 0.15) is 6.10 Å². The second-order valence-corrected chi connectivity index (χ2v) is 4.78. The zero-order valence-corrected chi connectivity index (χ0v) is 11.1. The SMILES string of the molecule is N#CCC(O)C(O)c1ccc(Cc2ccccc2)cc1. The Balaban J connectivity index is 2.05. The van der Waals surface area contributed by atoms with Crippen LogP contribution >= 0.6 is 0 Å². The van der Waals surface area contributed by atoms with E-state index in [0.717, 1.165) is 12.0 Å². The molecule has 0 saturated carbocycles. The Kier molecular flexibility index (Phi) is 4.89. The number of hydrogen-bond donors (Lipinski definition) is 2. The first kappa shape index (κ1) is 14.3. The van der Waals surface area contributed by atoms with Crippen molar-refractivity contribution in [2.24, 2.45) is 0 Å². The highest BCUT2D eigenvalue weighted by atomic mass is 16.3. The van der Waals surface area contributed by atoms with E-state index in [0.29, 0.717) is 5.56 Å². The van der Waals surface area contributed by atoms with Gasteiger partial charge in [-0.1, -0.05) is 54.6 Å². The number of hydrogen-bond acceptors (Lipinski definition) is 3. The molecular weight excluding hydrogens is 250 g/mol. The highest BCUT2D eigenvalue weighted by Crippen LogP contribution is 2.20. The van der Waals surface area contributed by atoms with E-state index in [1.165, 1.54) is 5.56 Å². The molecule has 0 spiro atoms. The Hall–Kier alpha value is -2.15. The molecule has 0 aliphatic heterocycles. The number of benzene rings is 2. The summed E-state index contributed by atoms with van der Waals surface area (Å²) in [5.41, 5.74) is 3.00. The quantitative estimate of drug-likeness (QED) is 0.875. The number of nitriles is 1. The minimum Gasteiger partial charge on any atom is -0.389 e. The van der Waals surface area contributed by atoms with Gasteiger partial charge in [-0.15, -0.1) is 0 Å². The van der Waals surface area contributed by atoms with Crippen molar-refractivity contribution in [3.8, 4) is 6.07 Å². The average molecular weight is 267 g/mol. The lowest BCUT2D eigenvalue weighted by Gasteiger charge is -2.15. The molecule has 0 heterocycles. The molecular formula is C17H17NO2. The summed E-state index contributed by atoms with van der Waals surface area (Å²) in [5.74, 6) is 0. The largest absolute Gasteiger partial charge is 0.389 e. The molecule has 3 heteroatoms. The van der Waals surface area contributed by atoms with Gasteiger partial charge in [0, 0.05) is 0 Å². The third kappa shape index (κ3) is 3.67. The Morgan fingerprint density at radius 1 is 0.900 bits per heavy atom. The molecule has 0 aromatic heterocycles. The van der Waals surface area contributed by atoms with E-state index in [2.05, 4.69) is 12.1 Å². The van der Waals surface area contributed by atoms with Gasteiger partial charge in [-0.05, 0) is 23.1 Å². The van der Waals surface area contributed by atoms with Crippen LogP contribution in [0.25, 0.3) is 0 Å². The molecule has 20 heavy (non-hydrogen) atoms. The van der Waals surface area contributed by atoms with E-state index in [9.17, 15) is 10.2 Å². The van der Waals surface area contributed by atoms with Gasteiger partial charge in [0.05, 0.1) is 18.6 Å². The lowest BCUT2D eigenvalue weighted by atomic mass is 9.99. The van der Waals surface area contributed by atoms with Crippen LogP contribution in [0.3, 0.4) is 0 Å². The van der Waals surface area contributed by atoms with Gasteiger partial charge in [-0.3, -0.25) is 0 Å². The minimum atomic E-state index is -1.04. The molecule has 2 rings (SSSR count). The van der Waals surface area contributed by atoms with E-state index in [-0.39, 0.29) is 6.42 Å². The molecule has 3 nitrogen and oxygen atoms in total. The van der Waals surface area contributed by atoms with Crippen LogP contribution in [0.4, 0.5) is 0 Å². The molecule has 102 valence electrons. The summed E-state index contributed by atoms with van der Waals surface area (Å²) in [6, 6.07) is 19.4. The fourth-order valence-electron chi connectivity index (χ4n) is 2.09. The van der Waals surface area contributed by atoms with Crippen molar-refractivity contribution in [3.05, 3.63) is 71.3 Å². The lowest BCUT2D eigenvalue weighted by molar-refractivity contribution is 0.0216. The van der Waals surface area contributed by atoms with Crippen molar-refractivity contribution in [1.82, 2.24) is 0 Å². The van der Waals surface area contributed by atoms with Crippen molar-refractivity contribution < 1.29 is 10.2 Å². The molecule has 2 aromatic rings. The molecule has 0 amide bonds. The fraction of sp³-hybridized carbons (Fsp3) is 0.235. The number of rotatable bonds is 5. The van der Waals surface area contributed by atoms with E-state index in [1.807, 2.05) is 36.4 Å². The third-order valence-electron chi connectivity index (χ3n) is 3.24. The maximum atomic E-state index is 9.90. The van der Waals surface area contributed by atoms with Crippen LogP contribution in [0.2, 0.25) is 0 Å². The monoisotopic (exact) mass is 267 g/mol. The first-order valence-electron chi connectivity index (χ1n) is 6.56. The molecule has 0 aliphatic rings. The molecule has 2 aromatic carbocycles. The minimum absolute atomic E-state index is 0.0765. The number of nitrogens with zero attached hydrogens (tertiary/aromatic N) is 1. The van der Waals surface area contributed by atoms with Gasteiger partial charge in [0.15, 0.2) is 0 Å². The normalized spacial score (nSPS) is 13.4. The molecule has 2 unspecified atom stereocenters. The van der Waals surface area contributed by atoms with Crippen LogP contribution in [0, 0.1) is 11.3 Å². The van der Waals surface area contributed by atoms with Gasteiger partial charge in [-0.2, -0.15) is 5.26 Å². The van der Waals surface area contributed by atoms with Crippen LogP contribution < -0.4 is 0 Å². The van der Waals surface area contributed by atoms with Crippen molar-refractivity contribution in [2.75, 3.05) is 0 Å². The topological polar surface area (TPSA) is 64.2 Å². The lowest BCUT2D eigenvalue weighted by Crippen LogP contribution is -2.17. The predicted molar refractivity (Wildman–Crippen MR) is 76.9 cm³/mol. The first-order chi connectivity index (χ1) is 9.70. The van der Waals surface area contributed by atoms with E-state index >= 15 is 0 Å². The molecule has 0 bridgehead atoms. The molecule has 0 radical (unpaired) electrons. The Bertz CT molecular complexity index is 572. The summed E-state index contributed by atoms with van der Waals surface area (Å²) in [6.45, 7) is 0. The summed E-state index contributed by atoms with van der Waals surface area (Å²) < 4.78 is 0. The highest BCUT2D eigenvalue weighted by Gasteiger charge is 2.17. The Labute approximate surface area is 118 Å². The van der Waals surface area contributed by atoms with Gasteiger partial charge < -0.3 is 10.2 Å². The van der Waals surface area contributed by atoms with Crippen LogP contribution in [0.1, 0.15) is 29.2 Å². The van der Waals surface area contributed by atoms with Crippen molar-refractivity contribution in [3.63, 3.8) is 0 Å². The van der Waals surface area contributed by atoms with E-state index < -0.39 is 12.2 Å². The van der Waals surface area contributed by atoms with Gasteiger partial charge in [-0.25, -0.2) is 0 Å². The highest BCUT2D eigenvalue weighted by molar-refractivity contribution is 5.29. The fourth-order valence-corrected chi connectivity index (χ4v) is 2.09. The zero-order chi connectivity index (χ0) is 14.4. The molecule has 0 fully saturated rings. The maximum absolute atomic E-state index is 9.90. The summed E-state index contributed by atoms with van der Waals surface area (Å²) in [7, 11) is 0. The predicted octanol–water partition coefficient (Wildman–Crippen LogP) is 2.59. The second-order valence-electron chi connectivity index (χ2n) is 4.78. The summed E-state index contributed by atoms with van der Waals surface area (Å²) in [5, 5.41) is 28.0.